The van der Waals surface area contributed by atoms with Crippen molar-refractivity contribution in [3.63, 3.8) is 0 Å². The van der Waals surface area contributed by atoms with Crippen LogP contribution in [0.2, 0.25) is 0 Å². The number of benzene rings is 2. The molecule has 3 aliphatic rings. The van der Waals surface area contributed by atoms with Crippen LogP contribution in [0, 0.1) is 11.8 Å². The van der Waals surface area contributed by atoms with Crippen LogP contribution in [0.5, 0.6) is 5.75 Å². The number of aliphatic hydroxyl groups excluding tert-OH is 1. The SMILES string of the molecule is C=CCN(C(=O)C1N(CCO)C(=O)[C@@H]2[C@@H](C(=O)N(CC=C)c3ccc(OCC)cc3)[C@@]3(C)CCC12O3)c1ccc(N(CC)CC)cc1. The highest BCUT2D eigenvalue weighted by molar-refractivity contribution is 6.07. The number of nitrogens with zero attached hydrogens (tertiary/aromatic N) is 4. The average molecular weight is 645 g/mol. The molecule has 10 nitrogen and oxygen atoms in total. The number of fused-ring (bicyclic) bond motifs is 1. The number of carbonyl (C=O) groups excluding carboxylic acids is 3. The molecular formula is C37H48N4O6. The normalized spacial score (nSPS) is 25.8. The first-order valence-corrected chi connectivity index (χ1v) is 16.7. The summed E-state index contributed by atoms with van der Waals surface area (Å²) in [5.41, 5.74) is 0.179. The first kappa shape index (κ1) is 34.2. The molecule has 10 heteroatoms. The van der Waals surface area contributed by atoms with Gasteiger partial charge in [-0.05, 0) is 89.1 Å². The van der Waals surface area contributed by atoms with E-state index in [0.29, 0.717) is 36.6 Å². The summed E-state index contributed by atoms with van der Waals surface area (Å²) in [6, 6.07) is 14.0. The number of hydrogen-bond acceptors (Lipinski definition) is 7. The number of amides is 3. The van der Waals surface area contributed by atoms with Crippen molar-refractivity contribution >= 4 is 34.8 Å². The Labute approximate surface area is 278 Å². The monoisotopic (exact) mass is 644 g/mol. The molecule has 0 aromatic heterocycles. The molecule has 1 N–H and O–H groups in total. The van der Waals surface area contributed by atoms with Gasteiger partial charge in [0.1, 0.15) is 17.4 Å². The van der Waals surface area contributed by atoms with Crippen LogP contribution in [0.3, 0.4) is 0 Å². The smallest absolute Gasteiger partial charge is 0.253 e. The zero-order valence-electron chi connectivity index (χ0n) is 28.1. The van der Waals surface area contributed by atoms with E-state index >= 15 is 0 Å². The Balaban J connectivity index is 1.52. The fraction of sp³-hybridized carbons (Fsp3) is 0.486. The maximum atomic E-state index is 14.7. The zero-order valence-corrected chi connectivity index (χ0v) is 28.1. The molecule has 252 valence electrons. The van der Waals surface area contributed by atoms with Crippen molar-refractivity contribution in [2.75, 3.05) is 60.6 Å². The number of β-amino-alcohol motifs (C(OH)–C–C–N with tert-alkyl or cyclic N) is 1. The van der Waals surface area contributed by atoms with E-state index in [2.05, 4.69) is 31.9 Å². The van der Waals surface area contributed by atoms with Crippen molar-refractivity contribution in [1.82, 2.24) is 4.90 Å². The number of rotatable bonds is 15. The molecule has 47 heavy (non-hydrogen) atoms. The molecule has 5 atom stereocenters. The predicted octanol–water partition coefficient (Wildman–Crippen LogP) is 4.43. The van der Waals surface area contributed by atoms with Crippen LogP contribution in [0.25, 0.3) is 0 Å². The number of aliphatic hydroxyl groups is 1. The highest BCUT2D eigenvalue weighted by atomic mass is 16.5. The highest BCUT2D eigenvalue weighted by Crippen LogP contribution is 2.63. The second-order valence-corrected chi connectivity index (χ2v) is 12.6. The molecule has 3 heterocycles. The predicted molar refractivity (Wildman–Crippen MR) is 184 cm³/mol. The molecule has 3 aliphatic heterocycles. The van der Waals surface area contributed by atoms with Gasteiger partial charge in [-0.2, -0.15) is 0 Å². The van der Waals surface area contributed by atoms with Gasteiger partial charge < -0.3 is 34.2 Å². The van der Waals surface area contributed by atoms with E-state index in [1.54, 1.807) is 22.0 Å². The molecule has 1 spiro atoms. The zero-order chi connectivity index (χ0) is 33.9. The third-order valence-corrected chi connectivity index (χ3v) is 10.0. The maximum Gasteiger partial charge on any atom is 0.253 e. The summed E-state index contributed by atoms with van der Waals surface area (Å²) in [4.78, 5) is 50.6. The van der Waals surface area contributed by atoms with Crippen molar-refractivity contribution in [1.29, 1.82) is 0 Å². The first-order valence-electron chi connectivity index (χ1n) is 16.7. The van der Waals surface area contributed by atoms with Gasteiger partial charge in [0.2, 0.25) is 11.8 Å². The minimum Gasteiger partial charge on any atom is -0.494 e. The second-order valence-electron chi connectivity index (χ2n) is 12.6. The van der Waals surface area contributed by atoms with Gasteiger partial charge in [0.05, 0.1) is 30.7 Å². The Hall–Kier alpha value is -4.15. The number of hydrogen-bond donors (Lipinski definition) is 1. The fourth-order valence-corrected chi connectivity index (χ4v) is 7.97. The molecule has 0 saturated carbocycles. The first-order chi connectivity index (χ1) is 22.6. The lowest BCUT2D eigenvalue weighted by Gasteiger charge is -2.37. The van der Waals surface area contributed by atoms with E-state index in [1.807, 2.05) is 62.4 Å². The summed E-state index contributed by atoms with van der Waals surface area (Å²) >= 11 is 0. The Kier molecular flexibility index (Phi) is 10.1. The third-order valence-electron chi connectivity index (χ3n) is 10.0. The molecular weight excluding hydrogens is 596 g/mol. The second kappa shape index (κ2) is 13.9. The number of ether oxygens (including phenoxy) is 2. The van der Waals surface area contributed by atoms with E-state index in [1.165, 1.54) is 4.90 Å². The van der Waals surface area contributed by atoms with Crippen LogP contribution in [-0.2, 0) is 19.1 Å². The molecule has 3 amide bonds. The van der Waals surface area contributed by atoms with Gasteiger partial charge in [-0.1, -0.05) is 12.2 Å². The van der Waals surface area contributed by atoms with Crippen molar-refractivity contribution in [2.45, 2.75) is 57.8 Å². The Bertz CT molecular complexity index is 1470. The molecule has 0 radical (unpaired) electrons. The highest BCUT2D eigenvalue weighted by Gasteiger charge is 2.78. The standard InChI is InChI=1S/C37H48N4O6/c1-7-22-39(28-16-18-29(19-17-28)46-11-5)33(43)30-31-34(44)41(24-25-42)32(37(31)21-20-36(30,6)47-37)35(45)40(23-8-2)27-14-12-26(13-15-27)38(9-3)10-4/h7-8,12-19,30-32,42H,1-2,9-11,20-25H2,3-6H3/t30-,31-,32?,36+,37?/m0/s1. The summed E-state index contributed by atoms with van der Waals surface area (Å²) in [6.45, 7) is 18.0. The Morgan fingerprint density at radius 1 is 0.936 bits per heavy atom. The molecule has 5 rings (SSSR count). The van der Waals surface area contributed by atoms with E-state index < -0.39 is 29.1 Å². The van der Waals surface area contributed by atoms with Gasteiger partial charge in [-0.3, -0.25) is 14.4 Å². The Morgan fingerprint density at radius 2 is 1.49 bits per heavy atom. The molecule has 2 unspecified atom stereocenters. The summed E-state index contributed by atoms with van der Waals surface area (Å²) in [5, 5.41) is 10.1. The van der Waals surface area contributed by atoms with Crippen molar-refractivity contribution in [3.05, 3.63) is 73.8 Å². The van der Waals surface area contributed by atoms with Gasteiger partial charge in [-0.25, -0.2) is 0 Å². The van der Waals surface area contributed by atoms with Crippen molar-refractivity contribution < 1.29 is 29.0 Å². The lowest BCUT2D eigenvalue weighted by atomic mass is 9.66. The molecule has 2 aromatic rings. The lowest BCUT2D eigenvalue weighted by Crippen LogP contribution is -2.57. The molecule has 2 bridgehead atoms. The van der Waals surface area contributed by atoms with Crippen LogP contribution in [0.4, 0.5) is 17.1 Å². The average Bonchev–Trinajstić information content (AvgIpc) is 3.64. The molecule has 2 aromatic carbocycles. The topological polar surface area (TPSA) is 103 Å². The molecule has 3 saturated heterocycles. The number of likely N-dealkylation sites (tertiary alicyclic amines) is 1. The largest absolute Gasteiger partial charge is 0.494 e. The van der Waals surface area contributed by atoms with Crippen LogP contribution >= 0.6 is 0 Å². The van der Waals surface area contributed by atoms with Gasteiger partial charge in [-0.15, -0.1) is 13.2 Å². The van der Waals surface area contributed by atoms with Crippen LogP contribution in [0.15, 0.2) is 73.8 Å². The van der Waals surface area contributed by atoms with Crippen LogP contribution in [0.1, 0.15) is 40.5 Å². The summed E-state index contributed by atoms with van der Waals surface area (Å²) in [5.74, 6) is -1.97. The minimum absolute atomic E-state index is 0.0490. The van der Waals surface area contributed by atoms with Crippen molar-refractivity contribution in [3.8, 4) is 5.75 Å². The summed E-state index contributed by atoms with van der Waals surface area (Å²) in [7, 11) is 0. The maximum absolute atomic E-state index is 14.7. The minimum atomic E-state index is -1.22. The van der Waals surface area contributed by atoms with Crippen LogP contribution < -0.4 is 19.4 Å². The quantitative estimate of drug-likeness (QED) is 0.286. The summed E-state index contributed by atoms with van der Waals surface area (Å²) in [6.07, 6.45) is 4.26. The molecule has 3 fully saturated rings. The Morgan fingerprint density at radius 3 is 2.02 bits per heavy atom. The van der Waals surface area contributed by atoms with E-state index in [-0.39, 0.29) is 44.0 Å². The van der Waals surface area contributed by atoms with Gasteiger partial charge >= 0.3 is 0 Å². The third kappa shape index (κ3) is 5.82. The van der Waals surface area contributed by atoms with Crippen LogP contribution in [-0.4, -0.2) is 90.9 Å². The molecule has 0 aliphatic carbocycles. The fourth-order valence-electron chi connectivity index (χ4n) is 7.97. The van der Waals surface area contributed by atoms with Crippen molar-refractivity contribution in [2.24, 2.45) is 11.8 Å². The van der Waals surface area contributed by atoms with E-state index in [9.17, 15) is 19.5 Å². The van der Waals surface area contributed by atoms with Gasteiger partial charge in [0.25, 0.3) is 5.91 Å². The number of anilines is 3. The van der Waals surface area contributed by atoms with Gasteiger partial charge in [0, 0.05) is 49.8 Å². The van der Waals surface area contributed by atoms with Gasteiger partial charge in [0.15, 0.2) is 0 Å². The van der Waals surface area contributed by atoms with E-state index in [0.717, 1.165) is 18.8 Å². The van der Waals surface area contributed by atoms with E-state index in [4.69, 9.17) is 9.47 Å². The summed E-state index contributed by atoms with van der Waals surface area (Å²) < 4.78 is 12.4. The number of carbonyl (C=O) groups is 3. The lowest BCUT2D eigenvalue weighted by molar-refractivity contribution is -0.145.